The molecule has 0 N–H and O–H groups in total. The molecular weight excluding hydrogens is 223 g/mol. The number of rotatable bonds is 1. The van der Waals surface area contributed by atoms with Crippen molar-refractivity contribution in [2.24, 2.45) is 0 Å². The van der Waals surface area contributed by atoms with Crippen LogP contribution in [0.1, 0.15) is 0 Å². The number of anilines is 1. The van der Waals surface area contributed by atoms with Gasteiger partial charge in [-0.05, 0) is 25.2 Å². The molecule has 0 spiro atoms. The summed E-state index contributed by atoms with van der Waals surface area (Å²) in [6.45, 7) is 1.33. The summed E-state index contributed by atoms with van der Waals surface area (Å²) in [5.41, 5.74) is 0.920. The molecule has 1 saturated heterocycles. The van der Waals surface area contributed by atoms with Crippen LogP contribution in [0.4, 0.5) is 5.69 Å². The van der Waals surface area contributed by atoms with Gasteiger partial charge in [0.05, 0.1) is 22.4 Å². The second kappa shape index (κ2) is 3.95. The van der Waals surface area contributed by atoms with Crippen molar-refractivity contribution in [3.05, 3.63) is 28.2 Å². The van der Waals surface area contributed by atoms with Crippen LogP contribution in [0.15, 0.2) is 18.2 Å². The maximum absolute atomic E-state index is 5.90. The molecular formula is C9H10Cl2N2O. The first kappa shape index (κ1) is 10.1. The Balaban J connectivity index is 2.20. The van der Waals surface area contributed by atoms with Crippen LogP contribution in [0.3, 0.4) is 0 Å². The van der Waals surface area contributed by atoms with Crippen molar-refractivity contribution in [3.8, 4) is 0 Å². The van der Waals surface area contributed by atoms with Gasteiger partial charge in [-0.15, -0.1) is 0 Å². The van der Waals surface area contributed by atoms with Gasteiger partial charge in [-0.1, -0.05) is 23.2 Å². The smallest absolute Gasteiger partial charge is 0.129 e. The maximum Gasteiger partial charge on any atom is 0.129 e. The van der Waals surface area contributed by atoms with E-state index in [1.807, 2.05) is 18.0 Å². The molecule has 0 bridgehead atoms. The van der Waals surface area contributed by atoms with Gasteiger partial charge >= 0.3 is 0 Å². The Morgan fingerprint density at radius 2 is 2.07 bits per heavy atom. The third-order valence-electron chi connectivity index (χ3n) is 1.99. The second-order valence-electron chi connectivity index (χ2n) is 3.23. The third-order valence-corrected chi connectivity index (χ3v) is 2.73. The van der Waals surface area contributed by atoms with Gasteiger partial charge in [-0.3, -0.25) is 9.74 Å². The minimum absolute atomic E-state index is 0.544. The SMILES string of the molecule is CN1CON(c2ccc(Cl)c(Cl)c2)C1. The first-order valence-corrected chi connectivity index (χ1v) is 4.96. The first-order chi connectivity index (χ1) is 6.66. The largest absolute Gasteiger partial charge is 0.262 e. The first-order valence-electron chi connectivity index (χ1n) is 4.21. The predicted octanol–water partition coefficient (Wildman–Crippen LogP) is 2.59. The summed E-state index contributed by atoms with van der Waals surface area (Å²) in [4.78, 5) is 7.45. The molecule has 76 valence electrons. The van der Waals surface area contributed by atoms with Gasteiger partial charge in [0.2, 0.25) is 0 Å². The zero-order valence-corrected chi connectivity index (χ0v) is 9.22. The van der Waals surface area contributed by atoms with Crippen molar-refractivity contribution in [2.75, 3.05) is 25.5 Å². The van der Waals surface area contributed by atoms with Crippen LogP contribution in [-0.2, 0) is 4.84 Å². The minimum Gasteiger partial charge on any atom is -0.262 e. The molecule has 14 heavy (non-hydrogen) atoms. The topological polar surface area (TPSA) is 15.7 Å². The molecule has 0 saturated carbocycles. The fourth-order valence-corrected chi connectivity index (χ4v) is 1.56. The summed E-state index contributed by atoms with van der Waals surface area (Å²) >= 11 is 11.7. The van der Waals surface area contributed by atoms with Crippen LogP contribution in [-0.4, -0.2) is 25.3 Å². The molecule has 3 nitrogen and oxygen atoms in total. The highest BCUT2D eigenvalue weighted by Crippen LogP contribution is 2.28. The van der Waals surface area contributed by atoms with Crippen molar-refractivity contribution in [1.82, 2.24) is 4.90 Å². The number of benzene rings is 1. The number of halogens is 2. The molecule has 5 heteroatoms. The third kappa shape index (κ3) is 1.96. The normalized spacial score (nSPS) is 17.8. The van der Waals surface area contributed by atoms with Crippen molar-refractivity contribution in [3.63, 3.8) is 0 Å². The lowest BCUT2D eigenvalue weighted by atomic mass is 10.3. The molecule has 1 aliphatic rings. The average Bonchev–Trinajstić information content (AvgIpc) is 2.57. The van der Waals surface area contributed by atoms with Crippen molar-refractivity contribution in [1.29, 1.82) is 0 Å². The molecule has 1 fully saturated rings. The number of hydrogen-bond acceptors (Lipinski definition) is 3. The number of nitrogens with zero attached hydrogens (tertiary/aromatic N) is 2. The average molecular weight is 233 g/mol. The van der Waals surface area contributed by atoms with Crippen molar-refractivity contribution >= 4 is 28.9 Å². The predicted molar refractivity (Wildman–Crippen MR) is 57.5 cm³/mol. The quantitative estimate of drug-likeness (QED) is 0.741. The fourth-order valence-electron chi connectivity index (χ4n) is 1.27. The number of hydroxylamine groups is 1. The Hall–Kier alpha value is -0.480. The van der Waals surface area contributed by atoms with Gasteiger partial charge in [0.25, 0.3) is 0 Å². The van der Waals surface area contributed by atoms with Gasteiger partial charge in [-0.25, -0.2) is 5.06 Å². The molecule has 1 heterocycles. The van der Waals surface area contributed by atoms with Crippen LogP contribution in [0.5, 0.6) is 0 Å². The zero-order valence-electron chi connectivity index (χ0n) is 7.70. The fraction of sp³-hybridized carbons (Fsp3) is 0.333. The monoisotopic (exact) mass is 232 g/mol. The van der Waals surface area contributed by atoms with Crippen LogP contribution >= 0.6 is 23.2 Å². The van der Waals surface area contributed by atoms with Gasteiger partial charge in [-0.2, -0.15) is 0 Å². The van der Waals surface area contributed by atoms with E-state index in [2.05, 4.69) is 0 Å². The molecule has 1 aliphatic heterocycles. The van der Waals surface area contributed by atoms with E-state index in [1.165, 1.54) is 0 Å². The molecule has 0 amide bonds. The molecule has 0 aromatic heterocycles. The van der Waals surface area contributed by atoms with E-state index in [1.54, 1.807) is 17.2 Å². The maximum atomic E-state index is 5.90. The Morgan fingerprint density at radius 1 is 1.29 bits per heavy atom. The Bertz CT molecular complexity index is 346. The summed E-state index contributed by atoms with van der Waals surface area (Å²) in [7, 11) is 1.98. The Labute approximate surface area is 92.7 Å². The number of hydrogen-bond donors (Lipinski definition) is 0. The van der Waals surface area contributed by atoms with E-state index in [4.69, 9.17) is 28.0 Å². The van der Waals surface area contributed by atoms with Crippen LogP contribution in [0, 0.1) is 0 Å². The van der Waals surface area contributed by atoms with E-state index in [-0.39, 0.29) is 0 Å². The van der Waals surface area contributed by atoms with E-state index < -0.39 is 0 Å². The minimum atomic E-state index is 0.544. The molecule has 1 aromatic rings. The lowest BCUT2D eigenvalue weighted by molar-refractivity contribution is 0.133. The van der Waals surface area contributed by atoms with Gasteiger partial charge in [0, 0.05) is 0 Å². The lowest BCUT2D eigenvalue weighted by Crippen LogP contribution is -2.21. The molecule has 1 aromatic carbocycles. The molecule has 0 atom stereocenters. The highest BCUT2D eigenvalue weighted by Gasteiger charge is 2.18. The van der Waals surface area contributed by atoms with Gasteiger partial charge in [0.1, 0.15) is 6.73 Å². The van der Waals surface area contributed by atoms with Crippen molar-refractivity contribution < 1.29 is 4.84 Å². The molecule has 0 radical (unpaired) electrons. The lowest BCUT2D eigenvalue weighted by Gasteiger charge is -2.15. The van der Waals surface area contributed by atoms with E-state index in [9.17, 15) is 0 Å². The van der Waals surface area contributed by atoms with Crippen LogP contribution in [0.2, 0.25) is 10.0 Å². The Morgan fingerprint density at radius 3 is 2.64 bits per heavy atom. The summed E-state index contributed by atoms with van der Waals surface area (Å²) in [6, 6.07) is 5.44. The Kier molecular flexibility index (Phi) is 2.83. The molecule has 0 aliphatic carbocycles. The summed E-state index contributed by atoms with van der Waals surface area (Å²) in [6.07, 6.45) is 0. The second-order valence-corrected chi connectivity index (χ2v) is 4.05. The van der Waals surface area contributed by atoms with E-state index in [0.717, 1.165) is 12.4 Å². The summed E-state index contributed by atoms with van der Waals surface area (Å²) in [5.74, 6) is 0. The van der Waals surface area contributed by atoms with E-state index >= 15 is 0 Å². The van der Waals surface area contributed by atoms with Gasteiger partial charge in [0.15, 0.2) is 0 Å². The highest BCUT2D eigenvalue weighted by atomic mass is 35.5. The summed E-state index contributed by atoms with van der Waals surface area (Å²) in [5, 5.41) is 2.88. The van der Waals surface area contributed by atoms with Crippen molar-refractivity contribution in [2.45, 2.75) is 0 Å². The zero-order chi connectivity index (χ0) is 10.1. The van der Waals surface area contributed by atoms with Crippen LogP contribution in [0.25, 0.3) is 0 Å². The van der Waals surface area contributed by atoms with Gasteiger partial charge < -0.3 is 0 Å². The summed E-state index contributed by atoms with van der Waals surface area (Å²) < 4.78 is 0. The highest BCUT2D eigenvalue weighted by molar-refractivity contribution is 6.42. The van der Waals surface area contributed by atoms with Crippen LogP contribution < -0.4 is 5.06 Å². The standard InChI is InChI=1S/C9H10Cl2N2O/c1-12-5-13(14-6-12)7-2-3-8(10)9(11)4-7/h2-4H,5-6H2,1H3. The molecule has 0 unspecified atom stereocenters. The molecule has 2 rings (SSSR count). The van der Waals surface area contributed by atoms with E-state index in [0.29, 0.717) is 16.8 Å².